The fourth-order valence-electron chi connectivity index (χ4n) is 2.16. The second-order valence-electron chi connectivity index (χ2n) is 4.56. The van der Waals surface area contributed by atoms with E-state index in [1.54, 1.807) is 12.3 Å². The van der Waals surface area contributed by atoms with Gasteiger partial charge in [-0.1, -0.05) is 23.7 Å². The zero-order valence-corrected chi connectivity index (χ0v) is 13.2. The number of halogens is 3. The van der Waals surface area contributed by atoms with Gasteiger partial charge < -0.3 is 5.32 Å². The number of hydrogen-bond acceptors (Lipinski definition) is 2. The molecule has 0 amide bonds. The highest BCUT2D eigenvalue weighted by atomic mass is 79.9. The maximum atomic E-state index is 13.5. The number of anilines is 1. The minimum atomic E-state index is -0.270. The zero-order chi connectivity index (χ0) is 14.8. The van der Waals surface area contributed by atoms with E-state index < -0.39 is 0 Å². The summed E-state index contributed by atoms with van der Waals surface area (Å²) in [5.41, 5.74) is 2.51. The van der Waals surface area contributed by atoms with Gasteiger partial charge >= 0.3 is 0 Å². The Balaban J connectivity index is 1.92. The van der Waals surface area contributed by atoms with E-state index in [2.05, 4.69) is 26.2 Å². The van der Waals surface area contributed by atoms with E-state index in [1.165, 1.54) is 6.07 Å². The molecule has 0 saturated carbocycles. The van der Waals surface area contributed by atoms with Gasteiger partial charge in [0.25, 0.3) is 0 Å². The number of aromatic nitrogens is 1. The number of hydrogen-bond donors (Lipinski definition) is 1. The first-order valence-electron chi connectivity index (χ1n) is 6.37. The predicted molar refractivity (Wildman–Crippen MR) is 88.2 cm³/mol. The lowest BCUT2D eigenvalue weighted by Gasteiger charge is -2.11. The summed E-state index contributed by atoms with van der Waals surface area (Å²) in [4.78, 5) is 4.36. The number of pyridine rings is 1. The first kappa shape index (κ1) is 14.3. The summed E-state index contributed by atoms with van der Waals surface area (Å²) in [5.74, 6) is -0.270. The van der Waals surface area contributed by atoms with Gasteiger partial charge in [0.05, 0.1) is 20.7 Å². The lowest BCUT2D eigenvalue weighted by Crippen LogP contribution is -2.02. The summed E-state index contributed by atoms with van der Waals surface area (Å²) in [7, 11) is 0. The predicted octanol–water partition coefficient (Wildman–Crippen LogP) is 5.40. The number of rotatable bonds is 3. The van der Waals surface area contributed by atoms with Crippen LogP contribution in [0.4, 0.5) is 10.1 Å². The topological polar surface area (TPSA) is 24.9 Å². The van der Waals surface area contributed by atoms with Crippen LogP contribution in [0.3, 0.4) is 0 Å². The molecule has 0 radical (unpaired) electrons. The number of benzene rings is 2. The number of fused-ring (bicyclic) bond motifs is 1. The third kappa shape index (κ3) is 2.87. The molecule has 0 aliphatic heterocycles. The van der Waals surface area contributed by atoms with Crippen LogP contribution in [-0.4, -0.2) is 4.98 Å². The standard InChI is InChI=1S/C16H11BrClFN2/c17-15-10(3-1-5-13(15)19)9-21-14-7-6-12(18)11-4-2-8-20-16(11)14/h1-8,21H,9H2. The first-order chi connectivity index (χ1) is 10.2. The molecule has 2 nitrogen and oxygen atoms in total. The molecule has 3 rings (SSSR count). The van der Waals surface area contributed by atoms with Crippen LogP contribution in [0.25, 0.3) is 10.9 Å². The van der Waals surface area contributed by atoms with Crippen LogP contribution in [0, 0.1) is 5.82 Å². The largest absolute Gasteiger partial charge is 0.379 e. The van der Waals surface area contributed by atoms with Crippen LogP contribution in [0.15, 0.2) is 53.1 Å². The molecule has 1 heterocycles. The van der Waals surface area contributed by atoms with Crippen LogP contribution in [0.1, 0.15) is 5.56 Å². The van der Waals surface area contributed by atoms with Crippen molar-refractivity contribution in [2.24, 2.45) is 0 Å². The Kier molecular flexibility index (Phi) is 4.08. The van der Waals surface area contributed by atoms with Crippen molar-refractivity contribution in [2.45, 2.75) is 6.54 Å². The van der Waals surface area contributed by atoms with Crippen molar-refractivity contribution in [1.82, 2.24) is 4.98 Å². The highest BCUT2D eigenvalue weighted by Crippen LogP contribution is 2.29. The molecule has 0 spiro atoms. The third-order valence-electron chi connectivity index (χ3n) is 3.22. The summed E-state index contributed by atoms with van der Waals surface area (Å²) in [6.45, 7) is 0.492. The Morgan fingerprint density at radius 3 is 2.86 bits per heavy atom. The number of nitrogens with zero attached hydrogens (tertiary/aromatic N) is 1. The van der Waals surface area contributed by atoms with Crippen molar-refractivity contribution in [1.29, 1.82) is 0 Å². The van der Waals surface area contributed by atoms with Crippen LogP contribution in [0.2, 0.25) is 5.02 Å². The van der Waals surface area contributed by atoms with E-state index in [9.17, 15) is 4.39 Å². The Hall–Kier alpha value is -1.65. The third-order valence-corrected chi connectivity index (χ3v) is 4.43. The molecular weight excluding hydrogens is 355 g/mol. The lowest BCUT2D eigenvalue weighted by molar-refractivity contribution is 0.618. The Morgan fingerprint density at radius 1 is 1.14 bits per heavy atom. The molecule has 3 aromatic rings. The van der Waals surface area contributed by atoms with Crippen molar-refractivity contribution in [3.8, 4) is 0 Å². The quantitative estimate of drug-likeness (QED) is 0.672. The molecule has 0 fully saturated rings. The van der Waals surface area contributed by atoms with Gasteiger partial charge in [0, 0.05) is 18.1 Å². The minimum absolute atomic E-state index is 0.270. The molecule has 0 bridgehead atoms. The second-order valence-corrected chi connectivity index (χ2v) is 5.76. The van der Waals surface area contributed by atoms with Gasteiger partial charge in [0.15, 0.2) is 0 Å². The van der Waals surface area contributed by atoms with Crippen molar-refractivity contribution in [3.05, 3.63) is 69.5 Å². The Bertz CT molecular complexity index is 807. The lowest BCUT2D eigenvalue weighted by atomic mass is 10.1. The molecule has 0 unspecified atom stereocenters. The average Bonchev–Trinajstić information content (AvgIpc) is 2.51. The average molecular weight is 366 g/mol. The molecule has 5 heteroatoms. The summed E-state index contributed by atoms with van der Waals surface area (Å²) in [6.07, 6.45) is 1.72. The molecule has 21 heavy (non-hydrogen) atoms. The van der Waals surface area contributed by atoms with Gasteiger partial charge in [0.1, 0.15) is 5.82 Å². The molecule has 106 valence electrons. The maximum Gasteiger partial charge on any atom is 0.137 e. The molecule has 1 aromatic heterocycles. The van der Waals surface area contributed by atoms with Crippen molar-refractivity contribution >= 4 is 44.1 Å². The SMILES string of the molecule is Fc1cccc(CNc2ccc(Cl)c3cccnc23)c1Br. The number of nitrogens with one attached hydrogen (secondary N) is 1. The fraction of sp³-hybridized carbons (Fsp3) is 0.0625. The molecule has 0 aliphatic rings. The van der Waals surface area contributed by atoms with Crippen LogP contribution in [-0.2, 0) is 6.54 Å². The molecular formula is C16H11BrClFN2. The highest BCUT2D eigenvalue weighted by Gasteiger charge is 2.08. The Morgan fingerprint density at radius 2 is 2.00 bits per heavy atom. The normalized spacial score (nSPS) is 10.8. The van der Waals surface area contributed by atoms with Gasteiger partial charge in [-0.05, 0) is 51.8 Å². The van der Waals surface area contributed by atoms with Crippen molar-refractivity contribution < 1.29 is 4.39 Å². The fourth-order valence-corrected chi connectivity index (χ4v) is 2.78. The van der Waals surface area contributed by atoms with Gasteiger partial charge in [-0.2, -0.15) is 0 Å². The van der Waals surface area contributed by atoms with Crippen molar-refractivity contribution in [3.63, 3.8) is 0 Å². The molecule has 2 aromatic carbocycles. The first-order valence-corrected chi connectivity index (χ1v) is 7.54. The van der Waals surface area contributed by atoms with E-state index >= 15 is 0 Å². The highest BCUT2D eigenvalue weighted by molar-refractivity contribution is 9.10. The van der Waals surface area contributed by atoms with Gasteiger partial charge in [-0.3, -0.25) is 4.98 Å². The molecule has 1 N–H and O–H groups in total. The van der Waals surface area contributed by atoms with Crippen LogP contribution < -0.4 is 5.32 Å². The maximum absolute atomic E-state index is 13.5. The van der Waals surface area contributed by atoms with E-state index in [4.69, 9.17) is 11.6 Å². The summed E-state index contributed by atoms with van der Waals surface area (Å²) < 4.78 is 14.0. The second kappa shape index (κ2) is 6.00. The van der Waals surface area contributed by atoms with E-state index in [-0.39, 0.29) is 5.82 Å². The molecule has 0 aliphatic carbocycles. The molecule has 0 atom stereocenters. The van der Waals surface area contributed by atoms with Gasteiger partial charge in [-0.15, -0.1) is 0 Å². The monoisotopic (exact) mass is 364 g/mol. The minimum Gasteiger partial charge on any atom is -0.379 e. The van der Waals surface area contributed by atoms with Crippen molar-refractivity contribution in [2.75, 3.05) is 5.32 Å². The van der Waals surface area contributed by atoms with E-state index in [1.807, 2.05) is 30.3 Å². The van der Waals surface area contributed by atoms with Crippen LogP contribution in [0.5, 0.6) is 0 Å². The smallest absolute Gasteiger partial charge is 0.137 e. The Labute approximate surface area is 135 Å². The van der Waals surface area contributed by atoms with Crippen LogP contribution >= 0.6 is 27.5 Å². The summed E-state index contributed by atoms with van der Waals surface area (Å²) in [6, 6.07) is 12.5. The van der Waals surface area contributed by atoms with E-state index in [0.29, 0.717) is 16.0 Å². The van der Waals surface area contributed by atoms with E-state index in [0.717, 1.165) is 22.2 Å². The zero-order valence-electron chi connectivity index (χ0n) is 10.9. The van der Waals surface area contributed by atoms with Gasteiger partial charge in [0.2, 0.25) is 0 Å². The van der Waals surface area contributed by atoms with Gasteiger partial charge in [-0.25, -0.2) is 4.39 Å². The summed E-state index contributed by atoms with van der Waals surface area (Å²) >= 11 is 9.43. The molecule has 0 saturated heterocycles. The summed E-state index contributed by atoms with van der Waals surface area (Å²) in [5, 5.41) is 4.84.